The van der Waals surface area contributed by atoms with Crippen molar-refractivity contribution in [1.29, 1.82) is 0 Å². The summed E-state index contributed by atoms with van der Waals surface area (Å²) < 4.78 is 38.0. The number of fused-ring (bicyclic) bond motifs is 1. The standard InChI is InChI=1S/C23H18F3N3O5/c1-22(9-8-17(30)28-21(22)34)29-19(32)15-7-2-12(10-16(15)20(29)33)11-27-18(31)13-3-5-14(6-4-13)23(24,25)26/h2-7,10H,8-9,11H2,1H3,(H,27,31)(H,28,30,34)/t22-/m0/s1. The Morgan fingerprint density at radius 2 is 1.68 bits per heavy atom. The van der Waals surface area contributed by atoms with Crippen LogP contribution in [0.4, 0.5) is 13.2 Å². The molecule has 1 atom stereocenters. The Morgan fingerprint density at radius 3 is 2.29 bits per heavy atom. The molecule has 2 aromatic rings. The van der Waals surface area contributed by atoms with Crippen LogP contribution in [0, 0.1) is 0 Å². The summed E-state index contributed by atoms with van der Waals surface area (Å²) in [6.45, 7) is 1.36. The molecule has 1 fully saturated rings. The van der Waals surface area contributed by atoms with Gasteiger partial charge in [0.25, 0.3) is 23.6 Å². The Bertz CT molecular complexity index is 1240. The molecule has 2 aliphatic heterocycles. The highest BCUT2D eigenvalue weighted by atomic mass is 19.4. The predicted octanol–water partition coefficient (Wildman–Crippen LogP) is 2.43. The lowest BCUT2D eigenvalue weighted by molar-refractivity contribution is -0.141. The first kappa shape index (κ1) is 23.1. The van der Waals surface area contributed by atoms with E-state index in [4.69, 9.17) is 0 Å². The van der Waals surface area contributed by atoms with E-state index in [-0.39, 0.29) is 36.1 Å². The lowest BCUT2D eigenvalue weighted by Gasteiger charge is -2.38. The number of piperidine rings is 1. The van der Waals surface area contributed by atoms with Gasteiger partial charge in [0.1, 0.15) is 5.54 Å². The van der Waals surface area contributed by atoms with E-state index in [1.165, 1.54) is 25.1 Å². The van der Waals surface area contributed by atoms with E-state index in [9.17, 15) is 37.1 Å². The first-order valence-electron chi connectivity index (χ1n) is 10.2. The molecular formula is C23H18F3N3O5. The summed E-state index contributed by atoms with van der Waals surface area (Å²) in [4.78, 5) is 63.0. The topological polar surface area (TPSA) is 113 Å². The van der Waals surface area contributed by atoms with Gasteiger partial charge in [0, 0.05) is 18.5 Å². The number of amides is 5. The fourth-order valence-corrected chi connectivity index (χ4v) is 3.95. The monoisotopic (exact) mass is 473 g/mol. The van der Waals surface area contributed by atoms with E-state index in [1.54, 1.807) is 0 Å². The number of imide groups is 2. The quantitative estimate of drug-likeness (QED) is 0.663. The summed E-state index contributed by atoms with van der Waals surface area (Å²) >= 11 is 0. The molecule has 0 unspecified atom stereocenters. The fraction of sp³-hybridized carbons (Fsp3) is 0.261. The van der Waals surface area contributed by atoms with Crippen LogP contribution in [0.1, 0.15) is 62.0 Å². The number of halogens is 3. The summed E-state index contributed by atoms with van der Waals surface area (Å²) in [7, 11) is 0. The van der Waals surface area contributed by atoms with Gasteiger partial charge < -0.3 is 5.32 Å². The average Bonchev–Trinajstić information content (AvgIpc) is 3.04. The van der Waals surface area contributed by atoms with Crippen molar-refractivity contribution in [2.24, 2.45) is 0 Å². The molecule has 0 aromatic heterocycles. The average molecular weight is 473 g/mol. The Balaban J connectivity index is 1.49. The van der Waals surface area contributed by atoms with Gasteiger partial charge in [-0.2, -0.15) is 13.2 Å². The number of nitrogens with zero attached hydrogens (tertiary/aromatic N) is 1. The molecule has 5 amide bonds. The molecule has 0 radical (unpaired) electrons. The lowest BCUT2D eigenvalue weighted by atomic mass is 9.89. The molecule has 1 saturated heterocycles. The molecule has 2 aromatic carbocycles. The number of carbonyl (C=O) groups is 5. The number of nitrogens with one attached hydrogen (secondary N) is 2. The van der Waals surface area contributed by atoms with Gasteiger partial charge in [-0.1, -0.05) is 6.07 Å². The number of hydrogen-bond donors (Lipinski definition) is 2. The van der Waals surface area contributed by atoms with E-state index in [1.807, 2.05) is 0 Å². The summed E-state index contributed by atoms with van der Waals surface area (Å²) in [6, 6.07) is 8.07. The third-order valence-corrected chi connectivity index (χ3v) is 5.95. The van der Waals surface area contributed by atoms with Gasteiger partial charge >= 0.3 is 6.18 Å². The molecule has 11 heteroatoms. The minimum Gasteiger partial charge on any atom is -0.348 e. The van der Waals surface area contributed by atoms with Crippen LogP contribution in [0.15, 0.2) is 42.5 Å². The van der Waals surface area contributed by atoms with Crippen molar-refractivity contribution >= 4 is 29.5 Å². The number of carbonyl (C=O) groups excluding carboxylic acids is 5. The highest BCUT2D eigenvalue weighted by Gasteiger charge is 2.52. The van der Waals surface area contributed by atoms with E-state index in [0.717, 1.165) is 29.2 Å². The van der Waals surface area contributed by atoms with Gasteiger partial charge in [-0.3, -0.25) is 34.2 Å². The maximum Gasteiger partial charge on any atom is 0.416 e. The zero-order valence-electron chi connectivity index (χ0n) is 17.8. The molecule has 34 heavy (non-hydrogen) atoms. The number of hydrogen-bond acceptors (Lipinski definition) is 5. The first-order valence-corrected chi connectivity index (χ1v) is 10.2. The Labute approximate surface area is 191 Å². The van der Waals surface area contributed by atoms with Gasteiger partial charge in [0.05, 0.1) is 16.7 Å². The van der Waals surface area contributed by atoms with Crippen LogP contribution in [0.2, 0.25) is 0 Å². The summed E-state index contributed by atoms with van der Waals surface area (Å²) in [5, 5.41) is 4.71. The second kappa shape index (κ2) is 8.08. The second-order valence-electron chi connectivity index (χ2n) is 8.23. The van der Waals surface area contributed by atoms with Gasteiger partial charge in [-0.05, 0) is 55.3 Å². The highest BCUT2D eigenvalue weighted by molar-refractivity contribution is 6.24. The summed E-state index contributed by atoms with van der Waals surface area (Å²) in [6.07, 6.45) is -4.53. The van der Waals surface area contributed by atoms with Crippen LogP contribution in [0.3, 0.4) is 0 Å². The smallest absolute Gasteiger partial charge is 0.348 e. The highest BCUT2D eigenvalue weighted by Crippen LogP contribution is 2.34. The molecule has 0 spiro atoms. The van der Waals surface area contributed by atoms with Gasteiger partial charge in [-0.25, -0.2) is 0 Å². The lowest BCUT2D eigenvalue weighted by Crippen LogP contribution is -2.62. The first-order chi connectivity index (χ1) is 15.9. The minimum absolute atomic E-state index is 0.000815. The predicted molar refractivity (Wildman–Crippen MR) is 110 cm³/mol. The van der Waals surface area contributed by atoms with Crippen LogP contribution >= 0.6 is 0 Å². The van der Waals surface area contributed by atoms with Gasteiger partial charge in [0.15, 0.2) is 0 Å². The largest absolute Gasteiger partial charge is 0.416 e. The third kappa shape index (κ3) is 3.93. The number of benzene rings is 2. The van der Waals surface area contributed by atoms with Crippen LogP contribution in [0.5, 0.6) is 0 Å². The van der Waals surface area contributed by atoms with E-state index < -0.39 is 46.8 Å². The maximum absolute atomic E-state index is 13.0. The zero-order chi connectivity index (χ0) is 24.8. The van der Waals surface area contributed by atoms with Crippen molar-refractivity contribution in [3.05, 3.63) is 70.3 Å². The van der Waals surface area contributed by atoms with Crippen LogP contribution in [-0.4, -0.2) is 40.0 Å². The molecular weight excluding hydrogens is 455 g/mol. The van der Waals surface area contributed by atoms with E-state index in [0.29, 0.717) is 5.56 Å². The summed E-state index contributed by atoms with van der Waals surface area (Å²) in [5.74, 6) is -3.18. The zero-order valence-corrected chi connectivity index (χ0v) is 17.8. The van der Waals surface area contributed by atoms with Crippen molar-refractivity contribution < 1.29 is 37.1 Å². The maximum atomic E-state index is 13.0. The molecule has 2 heterocycles. The molecule has 176 valence electrons. The Kier molecular flexibility index (Phi) is 5.50. The fourth-order valence-electron chi connectivity index (χ4n) is 3.95. The SMILES string of the molecule is C[C@]1(N2C(=O)c3ccc(CNC(=O)c4ccc(C(F)(F)F)cc4)cc3C2=O)CCC(=O)NC1=O. The summed E-state index contributed by atoms with van der Waals surface area (Å²) in [5.41, 5.74) is -1.75. The molecule has 0 aliphatic carbocycles. The van der Waals surface area contributed by atoms with E-state index >= 15 is 0 Å². The third-order valence-electron chi connectivity index (χ3n) is 5.95. The Hall–Kier alpha value is -4.02. The Morgan fingerprint density at radius 1 is 1.03 bits per heavy atom. The van der Waals surface area contributed by atoms with Crippen molar-refractivity contribution in [3.8, 4) is 0 Å². The van der Waals surface area contributed by atoms with Crippen molar-refractivity contribution in [2.75, 3.05) is 0 Å². The molecule has 4 rings (SSSR count). The van der Waals surface area contributed by atoms with Crippen LogP contribution < -0.4 is 10.6 Å². The van der Waals surface area contributed by atoms with Crippen molar-refractivity contribution in [3.63, 3.8) is 0 Å². The van der Waals surface area contributed by atoms with Crippen LogP contribution in [-0.2, 0) is 22.3 Å². The molecule has 2 N–H and O–H groups in total. The molecule has 8 nitrogen and oxygen atoms in total. The van der Waals surface area contributed by atoms with Gasteiger partial charge in [0.2, 0.25) is 5.91 Å². The minimum atomic E-state index is -4.51. The van der Waals surface area contributed by atoms with Gasteiger partial charge in [-0.15, -0.1) is 0 Å². The van der Waals surface area contributed by atoms with Crippen LogP contribution in [0.25, 0.3) is 0 Å². The molecule has 0 saturated carbocycles. The van der Waals surface area contributed by atoms with Crippen molar-refractivity contribution in [2.45, 2.75) is 38.0 Å². The second-order valence-corrected chi connectivity index (χ2v) is 8.23. The normalized spacial score (nSPS) is 20.3. The molecule has 2 aliphatic rings. The van der Waals surface area contributed by atoms with Crippen molar-refractivity contribution in [1.82, 2.24) is 15.5 Å². The molecule has 0 bridgehead atoms. The number of rotatable bonds is 4. The number of alkyl halides is 3. The van der Waals surface area contributed by atoms with E-state index in [2.05, 4.69) is 10.6 Å².